The number of amides is 1. The predicted molar refractivity (Wildman–Crippen MR) is 91.0 cm³/mol. The first-order valence-electron chi connectivity index (χ1n) is 7.59. The molecule has 0 aromatic heterocycles. The van der Waals surface area contributed by atoms with E-state index in [0.29, 0.717) is 16.9 Å². The number of nitriles is 1. The van der Waals surface area contributed by atoms with E-state index in [1.807, 2.05) is 6.07 Å². The van der Waals surface area contributed by atoms with Gasteiger partial charge in [-0.1, -0.05) is 12.1 Å². The van der Waals surface area contributed by atoms with Crippen LogP contribution in [0.3, 0.4) is 0 Å². The van der Waals surface area contributed by atoms with E-state index >= 15 is 0 Å². The van der Waals surface area contributed by atoms with Gasteiger partial charge < -0.3 is 14.8 Å². The molecule has 0 saturated heterocycles. The van der Waals surface area contributed by atoms with Crippen LogP contribution in [0.4, 0.5) is 0 Å². The van der Waals surface area contributed by atoms with Gasteiger partial charge in [-0.3, -0.25) is 9.59 Å². The Morgan fingerprint density at radius 1 is 1.08 bits per heavy atom. The van der Waals surface area contributed by atoms with E-state index in [0.717, 1.165) is 5.56 Å². The number of ether oxygens (including phenoxy) is 2. The first-order chi connectivity index (χ1) is 12.1. The van der Waals surface area contributed by atoms with Crippen LogP contribution < -0.4 is 10.1 Å². The number of methoxy groups -OCH3 is 2. The van der Waals surface area contributed by atoms with E-state index in [-0.39, 0.29) is 12.3 Å². The van der Waals surface area contributed by atoms with Gasteiger partial charge in [-0.25, -0.2) is 0 Å². The number of carbonyl (C=O) groups is 2. The summed E-state index contributed by atoms with van der Waals surface area (Å²) in [7, 11) is 2.86. The fraction of sp³-hybridized carbons (Fsp3) is 0.211. The Kier molecular flexibility index (Phi) is 6.13. The summed E-state index contributed by atoms with van der Waals surface area (Å²) < 4.78 is 9.83. The molecule has 0 spiro atoms. The molecule has 2 aromatic rings. The minimum atomic E-state index is -0.540. The third-order valence-electron chi connectivity index (χ3n) is 3.70. The Bertz CT molecular complexity index is 777. The lowest BCUT2D eigenvalue weighted by Gasteiger charge is -2.18. The maximum absolute atomic E-state index is 12.5. The lowest BCUT2D eigenvalue weighted by molar-refractivity contribution is -0.141. The van der Waals surface area contributed by atoms with E-state index in [1.165, 1.54) is 7.11 Å². The Labute approximate surface area is 146 Å². The molecule has 0 aliphatic heterocycles. The standard InChI is InChI=1S/C19H18N2O4/c1-24-16-9-7-14(8-10-16)17(11-18(22)25-2)21-19(23)15-5-3-13(12-20)4-6-15/h3-10,17H,11H2,1-2H3,(H,21,23). The molecule has 0 bridgehead atoms. The average molecular weight is 338 g/mol. The molecule has 6 nitrogen and oxygen atoms in total. The Morgan fingerprint density at radius 2 is 1.72 bits per heavy atom. The number of carbonyl (C=O) groups excluding carboxylic acids is 2. The van der Waals surface area contributed by atoms with Crippen molar-refractivity contribution in [1.82, 2.24) is 5.32 Å². The molecule has 1 amide bonds. The molecule has 2 aromatic carbocycles. The topological polar surface area (TPSA) is 88.4 Å². The van der Waals surface area contributed by atoms with Crippen LogP contribution >= 0.6 is 0 Å². The van der Waals surface area contributed by atoms with Gasteiger partial charge in [-0.15, -0.1) is 0 Å². The zero-order valence-corrected chi connectivity index (χ0v) is 14.0. The van der Waals surface area contributed by atoms with Crippen molar-refractivity contribution in [2.24, 2.45) is 0 Å². The molecule has 0 saturated carbocycles. The van der Waals surface area contributed by atoms with Gasteiger partial charge >= 0.3 is 5.97 Å². The summed E-state index contributed by atoms with van der Waals surface area (Å²) in [4.78, 5) is 24.1. The van der Waals surface area contributed by atoms with Crippen LogP contribution in [0.25, 0.3) is 0 Å². The lowest BCUT2D eigenvalue weighted by Crippen LogP contribution is -2.30. The highest BCUT2D eigenvalue weighted by Crippen LogP contribution is 2.21. The van der Waals surface area contributed by atoms with Crippen molar-refractivity contribution in [3.63, 3.8) is 0 Å². The van der Waals surface area contributed by atoms with Crippen LogP contribution in [0.2, 0.25) is 0 Å². The summed E-state index contributed by atoms with van der Waals surface area (Å²) in [5, 5.41) is 11.6. The number of nitrogens with zero attached hydrogens (tertiary/aromatic N) is 1. The van der Waals surface area contributed by atoms with Crippen LogP contribution in [0, 0.1) is 11.3 Å². The monoisotopic (exact) mass is 338 g/mol. The lowest BCUT2D eigenvalue weighted by atomic mass is 10.0. The van der Waals surface area contributed by atoms with Gasteiger partial charge in [-0.2, -0.15) is 5.26 Å². The summed E-state index contributed by atoms with van der Waals surface area (Å²) in [5.74, 6) is -0.0888. The van der Waals surface area contributed by atoms with Gasteiger partial charge in [0.25, 0.3) is 5.91 Å². The molecular formula is C19H18N2O4. The third kappa shape index (κ3) is 4.82. The van der Waals surface area contributed by atoms with Gasteiger partial charge in [0.05, 0.1) is 38.3 Å². The SMILES string of the molecule is COC(=O)CC(NC(=O)c1ccc(C#N)cc1)c1ccc(OC)cc1. The normalized spacial score (nSPS) is 11.1. The van der Waals surface area contributed by atoms with E-state index in [1.54, 1.807) is 55.6 Å². The molecule has 25 heavy (non-hydrogen) atoms. The zero-order valence-electron chi connectivity index (χ0n) is 14.0. The third-order valence-corrected chi connectivity index (χ3v) is 3.70. The summed E-state index contributed by atoms with van der Waals surface area (Å²) in [6, 6.07) is 14.8. The van der Waals surface area contributed by atoms with E-state index in [9.17, 15) is 9.59 Å². The molecular weight excluding hydrogens is 320 g/mol. The molecule has 0 fully saturated rings. The van der Waals surface area contributed by atoms with Crippen molar-refractivity contribution in [3.8, 4) is 11.8 Å². The van der Waals surface area contributed by atoms with Crippen LogP contribution in [0.1, 0.15) is 33.9 Å². The average Bonchev–Trinajstić information content (AvgIpc) is 2.67. The largest absolute Gasteiger partial charge is 0.497 e. The van der Waals surface area contributed by atoms with Crippen molar-refractivity contribution >= 4 is 11.9 Å². The molecule has 2 rings (SSSR count). The van der Waals surface area contributed by atoms with Crippen molar-refractivity contribution in [3.05, 3.63) is 65.2 Å². The Hall–Kier alpha value is -3.33. The fourth-order valence-corrected chi connectivity index (χ4v) is 2.28. The highest BCUT2D eigenvalue weighted by atomic mass is 16.5. The number of nitrogens with one attached hydrogen (secondary N) is 1. The summed E-state index contributed by atoms with van der Waals surface area (Å²) in [6.45, 7) is 0. The first kappa shape index (κ1) is 18.0. The molecule has 6 heteroatoms. The maximum atomic E-state index is 12.5. The molecule has 0 radical (unpaired) electrons. The van der Waals surface area contributed by atoms with Crippen LogP contribution in [0.5, 0.6) is 5.75 Å². The summed E-state index contributed by atoms with van der Waals surface area (Å²) in [5.41, 5.74) is 1.63. The zero-order chi connectivity index (χ0) is 18.2. The fourth-order valence-electron chi connectivity index (χ4n) is 2.28. The van der Waals surface area contributed by atoms with Crippen molar-refractivity contribution in [2.75, 3.05) is 14.2 Å². The quantitative estimate of drug-likeness (QED) is 0.818. The predicted octanol–water partition coefficient (Wildman–Crippen LogP) is 2.60. The highest BCUT2D eigenvalue weighted by Gasteiger charge is 2.20. The number of hydrogen-bond acceptors (Lipinski definition) is 5. The molecule has 0 aliphatic carbocycles. The minimum Gasteiger partial charge on any atom is -0.497 e. The van der Waals surface area contributed by atoms with Crippen molar-refractivity contribution in [1.29, 1.82) is 5.26 Å². The number of benzene rings is 2. The van der Waals surface area contributed by atoms with E-state index in [2.05, 4.69) is 5.32 Å². The summed E-state index contributed by atoms with van der Waals surface area (Å²) >= 11 is 0. The van der Waals surface area contributed by atoms with Gasteiger partial charge in [0.15, 0.2) is 0 Å². The van der Waals surface area contributed by atoms with E-state index < -0.39 is 12.0 Å². The molecule has 1 atom stereocenters. The number of rotatable bonds is 6. The first-order valence-corrected chi connectivity index (χ1v) is 7.59. The molecule has 1 unspecified atom stereocenters. The minimum absolute atomic E-state index is 0.00481. The second-order valence-electron chi connectivity index (χ2n) is 5.27. The molecule has 0 heterocycles. The summed E-state index contributed by atoms with van der Waals surface area (Å²) in [6.07, 6.45) is 0.00481. The number of hydrogen-bond donors (Lipinski definition) is 1. The number of esters is 1. The van der Waals surface area contributed by atoms with Gasteiger partial charge in [-0.05, 0) is 42.0 Å². The van der Waals surface area contributed by atoms with Crippen molar-refractivity contribution < 1.29 is 19.1 Å². The van der Waals surface area contributed by atoms with E-state index in [4.69, 9.17) is 14.7 Å². The second-order valence-corrected chi connectivity index (χ2v) is 5.27. The van der Waals surface area contributed by atoms with Crippen LogP contribution in [-0.2, 0) is 9.53 Å². The smallest absolute Gasteiger partial charge is 0.307 e. The molecule has 0 aliphatic rings. The van der Waals surface area contributed by atoms with Crippen LogP contribution in [0.15, 0.2) is 48.5 Å². The Morgan fingerprint density at radius 3 is 2.24 bits per heavy atom. The maximum Gasteiger partial charge on any atom is 0.307 e. The second kappa shape index (κ2) is 8.50. The van der Waals surface area contributed by atoms with Crippen LogP contribution in [-0.4, -0.2) is 26.1 Å². The highest BCUT2D eigenvalue weighted by molar-refractivity contribution is 5.94. The van der Waals surface area contributed by atoms with Crippen molar-refractivity contribution in [2.45, 2.75) is 12.5 Å². The molecule has 1 N–H and O–H groups in total. The van der Waals surface area contributed by atoms with Gasteiger partial charge in [0.1, 0.15) is 5.75 Å². The molecule has 128 valence electrons. The Balaban J connectivity index is 2.20. The van der Waals surface area contributed by atoms with Gasteiger partial charge in [0, 0.05) is 5.56 Å². The van der Waals surface area contributed by atoms with Gasteiger partial charge in [0.2, 0.25) is 0 Å².